The Morgan fingerprint density at radius 2 is 2.33 bits per heavy atom. The van der Waals surface area contributed by atoms with Gasteiger partial charge in [0, 0.05) is 6.42 Å². The maximum atomic E-state index is 8.86. The van der Waals surface area contributed by atoms with Gasteiger partial charge in [-0.1, -0.05) is 12.1 Å². The second-order valence-electron chi connectivity index (χ2n) is 2.58. The lowest BCUT2D eigenvalue weighted by atomic mass is 10.1. The molecule has 0 bridgehead atoms. The zero-order chi connectivity index (χ0) is 8.97. The monoisotopic (exact) mass is 162 g/mol. The molecule has 1 aromatic carbocycles. The SMILES string of the molecule is N#Cc1cccc(C[C@@H](N)O)c1. The fraction of sp³-hybridized carbons (Fsp3) is 0.222. The number of benzene rings is 1. The molecule has 0 amide bonds. The van der Waals surface area contributed by atoms with Crippen molar-refractivity contribution in [2.75, 3.05) is 0 Å². The standard InChI is InChI=1S/C9H10N2O/c10-6-8-3-1-2-7(4-8)5-9(11)12/h1-4,9,12H,5,11H2/t9-/m0/s1. The van der Waals surface area contributed by atoms with Crippen molar-refractivity contribution in [3.05, 3.63) is 35.4 Å². The topological polar surface area (TPSA) is 70.0 Å². The van der Waals surface area contributed by atoms with Gasteiger partial charge in [0.1, 0.15) is 6.23 Å². The zero-order valence-electron chi connectivity index (χ0n) is 6.57. The van der Waals surface area contributed by atoms with E-state index in [1.807, 2.05) is 12.1 Å². The molecule has 1 atom stereocenters. The van der Waals surface area contributed by atoms with Crippen LogP contribution < -0.4 is 5.73 Å². The highest BCUT2D eigenvalue weighted by atomic mass is 16.3. The van der Waals surface area contributed by atoms with E-state index in [0.717, 1.165) is 5.56 Å². The van der Waals surface area contributed by atoms with Crippen molar-refractivity contribution in [1.82, 2.24) is 0 Å². The molecule has 12 heavy (non-hydrogen) atoms. The molecular weight excluding hydrogens is 152 g/mol. The summed E-state index contributed by atoms with van der Waals surface area (Å²) in [7, 11) is 0. The third-order valence-corrected chi connectivity index (χ3v) is 1.50. The Labute approximate surface area is 71.1 Å². The average Bonchev–Trinajstić information content (AvgIpc) is 2.03. The van der Waals surface area contributed by atoms with E-state index in [4.69, 9.17) is 16.1 Å². The summed E-state index contributed by atoms with van der Waals surface area (Å²) in [4.78, 5) is 0. The van der Waals surface area contributed by atoms with E-state index >= 15 is 0 Å². The highest BCUT2D eigenvalue weighted by Crippen LogP contribution is 2.05. The molecule has 0 saturated heterocycles. The Morgan fingerprint density at radius 3 is 2.92 bits per heavy atom. The Morgan fingerprint density at radius 1 is 1.58 bits per heavy atom. The molecule has 0 aliphatic carbocycles. The number of aliphatic hydroxyl groups excluding tert-OH is 1. The molecule has 3 heteroatoms. The van der Waals surface area contributed by atoms with Crippen LogP contribution in [0.15, 0.2) is 24.3 Å². The summed E-state index contributed by atoms with van der Waals surface area (Å²) in [5.41, 5.74) is 6.66. The molecule has 0 heterocycles. The first-order chi connectivity index (χ1) is 5.72. The van der Waals surface area contributed by atoms with Gasteiger partial charge in [-0.2, -0.15) is 5.26 Å². The third-order valence-electron chi connectivity index (χ3n) is 1.50. The largest absolute Gasteiger partial charge is 0.378 e. The van der Waals surface area contributed by atoms with Gasteiger partial charge in [-0.3, -0.25) is 0 Å². The lowest BCUT2D eigenvalue weighted by Crippen LogP contribution is -2.21. The van der Waals surface area contributed by atoms with Crippen molar-refractivity contribution >= 4 is 0 Å². The summed E-state index contributed by atoms with van der Waals surface area (Å²) in [5, 5.41) is 17.4. The fourth-order valence-electron chi connectivity index (χ4n) is 1.01. The first-order valence-electron chi connectivity index (χ1n) is 3.65. The minimum Gasteiger partial charge on any atom is -0.378 e. The van der Waals surface area contributed by atoms with Crippen LogP contribution in [0, 0.1) is 11.3 Å². The number of hydrogen-bond donors (Lipinski definition) is 2. The van der Waals surface area contributed by atoms with Gasteiger partial charge in [0.05, 0.1) is 11.6 Å². The maximum Gasteiger partial charge on any atom is 0.106 e. The van der Waals surface area contributed by atoms with Gasteiger partial charge >= 0.3 is 0 Å². The van der Waals surface area contributed by atoms with Crippen molar-refractivity contribution in [2.24, 2.45) is 5.73 Å². The predicted molar refractivity (Wildman–Crippen MR) is 45.1 cm³/mol. The van der Waals surface area contributed by atoms with Crippen molar-refractivity contribution in [1.29, 1.82) is 5.26 Å². The maximum absolute atomic E-state index is 8.86. The first-order valence-corrected chi connectivity index (χ1v) is 3.65. The van der Waals surface area contributed by atoms with Gasteiger partial charge in [0.15, 0.2) is 0 Å². The van der Waals surface area contributed by atoms with Gasteiger partial charge < -0.3 is 10.8 Å². The molecule has 0 spiro atoms. The molecule has 0 saturated carbocycles. The second-order valence-corrected chi connectivity index (χ2v) is 2.58. The summed E-state index contributed by atoms with van der Waals surface area (Å²) >= 11 is 0. The highest BCUT2D eigenvalue weighted by Gasteiger charge is 1.99. The Kier molecular flexibility index (Phi) is 2.81. The molecule has 62 valence electrons. The number of hydrogen-bond acceptors (Lipinski definition) is 3. The third kappa shape index (κ3) is 2.35. The molecule has 3 nitrogen and oxygen atoms in total. The molecule has 0 aliphatic heterocycles. The molecule has 3 N–H and O–H groups in total. The van der Waals surface area contributed by atoms with E-state index in [0.29, 0.717) is 12.0 Å². The second kappa shape index (κ2) is 3.86. The van der Waals surface area contributed by atoms with Gasteiger partial charge in [-0.25, -0.2) is 0 Å². The number of nitrogens with zero attached hydrogens (tertiary/aromatic N) is 1. The van der Waals surface area contributed by atoms with Crippen LogP contribution in [0.4, 0.5) is 0 Å². The molecule has 0 fully saturated rings. The van der Waals surface area contributed by atoms with Crippen LogP contribution in [0.25, 0.3) is 0 Å². The molecule has 1 rings (SSSR count). The Balaban J connectivity index is 2.81. The van der Waals surface area contributed by atoms with Crippen LogP contribution in [0.5, 0.6) is 0 Å². The smallest absolute Gasteiger partial charge is 0.106 e. The van der Waals surface area contributed by atoms with Gasteiger partial charge in [0.25, 0.3) is 0 Å². The quantitative estimate of drug-likeness (QED) is 0.617. The number of nitrogens with two attached hydrogens (primary N) is 1. The van der Waals surface area contributed by atoms with Crippen LogP contribution in [-0.4, -0.2) is 11.3 Å². The molecule has 0 aromatic heterocycles. The highest BCUT2D eigenvalue weighted by molar-refractivity contribution is 5.32. The van der Waals surface area contributed by atoms with Crippen LogP contribution >= 0.6 is 0 Å². The summed E-state index contributed by atoms with van der Waals surface area (Å²) in [5.74, 6) is 0. The van der Waals surface area contributed by atoms with Crippen molar-refractivity contribution in [3.63, 3.8) is 0 Å². The molecule has 1 aromatic rings. The normalized spacial score (nSPS) is 12.1. The molecule has 0 aliphatic rings. The van der Waals surface area contributed by atoms with Crippen LogP contribution in [0.2, 0.25) is 0 Å². The molecule has 0 unspecified atom stereocenters. The van der Waals surface area contributed by atoms with Crippen LogP contribution in [0.1, 0.15) is 11.1 Å². The van der Waals surface area contributed by atoms with E-state index in [2.05, 4.69) is 0 Å². The lowest BCUT2D eigenvalue weighted by Gasteiger charge is -2.03. The fourth-order valence-corrected chi connectivity index (χ4v) is 1.01. The molecule has 0 radical (unpaired) electrons. The Bertz CT molecular complexity index is 302. The van der Waals surface area contributed by atoms with E-state index in [-0.39, 0.29) is 0 Å². The average molecular weight is 162 g/mol. The van der Waals surface area contributed by atoms with E-state index in [1.165, 1.54) is 0 Å². The minimum atomic E-state index is -0.848. The Hall–Kier alpha value is -1.37. The summed E-state index contributed by atoms with van der Waals surface area (Å²) in [6, 6.07) is 9.06. The van der Waals surface area contributed by atoms with Gasteiger partial charge in [-0.15, -0.1) is 0 Å². The minimum absolute atomic E-state index is 0.384. The number of rotatable bonds is 2. The predicted octanol–water partition coefficient (Wildman–Crippen LogP) is 0.378. The first kappa shape index (κ1) is 8.72. The summed E-state index contributed by atoms with van der Waals surface area (Å²) < 4.78 is 0. The van der Waals surface area contributed by atoms with Gasteiger partial charge in [-0.05, 0) is 17.7 Å². The molecular formula is C9H10N2O. The van der Waals surface area contributed by atoms with E-state index in [1.54, 1.807) is 18.2 Å². The van der Waals surface area contributed by atoms with Crippen LogP contribution in [0.3, 0.4) is 0 Å². The lowest BCUT2D eigenvalue weighted by molar-refractivity contribution is 0.183. The van der Waals surface area contributed by atoms with Crippen molar-refractivity contribution in [2.45, 2.75) is 12.6 Å². The zero-order valence-corrected chi connectivity index (χ0v) is 6.57. The number of aliphatic hydroxyl groups is 1. The van der Waals surface area contributed by atoms with Gasteiger partial charge in [0.2, 0.25) is 0 Å². The van der Waals surface area contributed by atoms with Crippen molar-refractivity contribution < 1.29 is 5.11 Å². The van der Waals surface area contributed by atoms with E-state index < -0.39 is 6.23 Å². The van der Waals surface area contributed by atoms with Crippen LogP contribution in [-0.2, 0) is 6.42 Å². The number of nitriles is 1. The van der Waals surface area contributed by atoms with E-state index in [9.17, 15) is 0 Å². The summed E-state index contributed by atoms with van der Waals surface area (Å²) in [6.45, 7) is 0. The van der Waals surface area contributed by atoms with Crippen molar-refractivity contribution in [3.8, 4) is 6.07 Å². The summed E-state index contributed by atoms with van der Waals surface area (Å²) in [6.07, 6.45) is -0.464.